The number of carbonyl (C=O) groups is 1. The van der Waals surface area contributed by atoms with Crippen molar-refractivity contribution in [1.82, 2.24) is 4.90 Å². The maximum Gasteiger partial charge on any atom is 0.317 e. The number of nitrogens with zero attached hydrogens (tertiary/aromatic N) is 1. The van der Waals surface area contributed by atoms with E-state index in [1.165, 1.54) is 25.7 Å². The lowest BCUT2D eigenvalue weighted by Gasteiger charge is -2.32. The van der Waals surface area contributed by atoms with Crippen LogP contribution in [-0.2, 0) is 4.79 Å². The molecule has 0 aromatic heterocycles. The van der Waals surface area contributed by atoms with Crippen LogP contribution in [0.15, 0.2) is 0 Å². The number of aliphatic carboxylic acids is 1. The van der Waals surface area contributed by atoms with Gasteiger partial charge in [0, 0.05) is 0 Å². The van der Waals surface area contributed by atoms with Crippen molar-refractivity contribution in [1.29, 1.82) is 0 Å². The summed E-state index contributed by atoms with van der Waals surface area (Å²) in [5.41, 5.74) is 0. The van der Waals surface area contributed by atoms with Crippen molar-refractivity contribution in [3.8, 4) is 0 Å². The fourth-order valence-electron chi connectivity index (χ4n) is 3.49. The van der Waals surface area contributed by atoms with Crippen molar-refractivity contribution in [2.24, 2.45) is 17.8 Å². The first-order valence-corrected chi connectivity index (χ1v) is 7.45. The molecule has 0 aromatic rings. The van der Waals surface area contributed by atoms with Crippen LogP contribution in [0.1, 0.15) is 52.9 Å². The molecule has 4 heteroatoms. The van der Waals surface area contributed by atoms with Gasteiger partial charge in [-0.05, 0) is 62.9 Å². The van der Waals surface area contributed by atoms with Crippen LogP contribution in [0.5, 0.6) is 0 Å². The third-order valence-corrected chi connectivity index (χ3v) is 4.03. The van der Waals surface area contributed by atoms with E-state index in [2.05, 4.69) is 25.7 Å². The molecule has 0 saturated heterocycles. The molecule has 0 aromatic carbocycles. The lowest BCUT2D eigenvalue weighted by atomic mass is 9.75. The zero-order valence-corrected chi connectivity index (χ0v) is 13.4. The van der Waals surface area contributed by atoms with Crippen molar-refractivity contribution in [3.63, 3.8) is 0 Å². The SMILES string of the molecule is CCCN(CCC1CC(C)CC(C)C1)CC(=O)O.Cl. The normalized spacial score (nSPS) is 27.1. The molecule has 114 valence electrons. The highest BCUT2D eigenvalue weighted by Crippen LogP contribution is 2.34. The topological polar surface area (TPSA) is 40.5 Å². The highest BCUT2D eigenvalue weighted by atomic mass is 35.5. The average Bonchev–Trinajstić information content (AvgIpc) is 2.24. The van der Waals surface area contributed by atoms with Crippen LogP contribution < -0.4 is 0 Å². The maximum absolute atomic E-state index is 10.8. The standard InChI is InChI=1S/C15H29NO2.ClH/c1-4-6-16(11-15(17)18)7-5-14-9-12(2)8-13(3)10-14;/h12-14H,4-11H2,1-3H3,(H,17,18);1H. The summed E-state index contributed by atoms with van der Waals surface area (Å²) in [6.45, 7) is 8.87. The second-order valence-electron chi connectivity index (χ2n) is 6.24. The van der Waals surface area contributed by atoms with Crippen LogP contribution in [0, 0.1) is 17.8 Å². The monoisotopic (exact) mass is 291 g/mol. The lowest BCUT2D eigenvalue weighted by Crippen LogP contribution is -2.33. The Kier molecular flexibility index (Phi) is 9.46. The van der Waals surface area contributed by atoms with Crippen molar-refractivity contribution in [2.75, 3.05) is 19.6 Å². The summed E-state index contributed by atoms with van der Waals surface area (Å²) in [5, 5.41) is 8.89. The minimum absolute atomic E-state index is 0. The van der Waals surface area contributed by atoms with Gasteiger partial charge in [0.15, 0.2) is 0 Å². The zero-order valence-electron chi connectivity index (χ0n) is 12.6. The second-order valence-corrected chi connectivity index (χ2v) is 6.24. The van der Waals surface area contributed by atoms with Gasteiger partial charge in [-0.25, -0.2) is 0 Å². The van der Waals surface area contributed by atoms with Gasteiger partial charge in [0.2, 0.25) is 0 Å². The van der Waals surface area contributed by atoms with E-state index in [4.69, 9.17) is 5.11 Å². The van der Waals surface area contributed by atoms with E-state index in [-0.39, 0.29) is 19.0 Å². The molecule has 0 spiro atoms. The summed E-state index contributed by atoms with van der Waals surface area (Å²) in [6, 6.07) is 0. The summed E-state index contributed by atoms with van der Waals surface area (Å²) in [5.74, 6) is 1.79. The number of hydrogen-bond acceptors (Lipinski definition) is 2. The Morgan fingerprint density at radius 3 is 2.21 bits per heavy atom. The van der Waals surface area contributed by atoms with Crippen LogP contribution in [0.25, 0.3) is 0 Å². The van der Waals surface area contributed by atoms with Gasteiger partial charge in [0.1, 0.15) is 0 Å². The van der Waals surface area contributed by atoms with E-state index >= 15 is 0 Å². The fourth-order valence-corrected chi connectivity index (χ4v) is 3.49. The number of carboxylic acids is 1. The molecule has 1 rings (SSSR count). The van der Waals surface area contributed by atoms with Crippen LogP contribution in [0.4, 0.5) is 0 Å². The highest BCUT2D eigenvalue weighted by Gasteiger charge is 2.24. The van der Waals surface area contributed by atoms with Crippen LogP contribution in [-0.4, -0.2) is 35.6 Å². The fraction of sp³-hybridized carbons (Fsp3) is 0.933. The summed E-state index contributed by atoms with van der Waals surface area (Å²) in [7, 11) is 0. The van der Waals surface area contributed by atoms with Crippen molar-refractivity contribution in [2.45, 2.75) is 52.9 Å². The molecule has 1 fully saturated rings. The Labute approximate surface area is 124 Å². The van der Waals surface area contributed by atoms with Crippen molar-refractivity contribution >= 4 is 18.4 Å². The van der Waals surface area contributed by atoms with Crippen molar-refractivity contribution < 1.29 is 9.90 Å². The molecule has 3 nitrogen and oxygen atoms in total. The molecular formula is C15H30ClNO2. The van der Waals surface area contributed by atoms with Crippen LogP contribution in [0.2, 0.25) is 0 Å². The summed E-state index contributed by atoms with van der Waals surface area (Å²) >= 11 is 0. The minimum Gasteiger partial charge on any atom is -0.480 e. The van der Waals surface area contributed by atoms with Gasteiger partial charge in [-0.2, -0.15) is 0 Å². The summed E-state index contributed by atoms with van der Waals surface area (Å²) < 4.78 is 0. The van der Waals surface area contributed by atoms with Crippen LogP contribution in [0.3, 0.4) is 0 Å². The Hall–Kier alpha value is -0.280. The average molecular weight is 292 g/mol. The lowest BCUT2D eigenvalue weighted by molar-refractivity contribution is -0.138. The van der Waals surface area contributed by atoms with Gasteiger partial charge in [-0.15, -0.1) is 12.4 Å². The van der Waals surface area contributed by atoms with E-state index in [1.54, 1.807) is 0 Å². The number of halogens is 1. The van der Waals surface area contributed by atoms with E-state index in [1.807, 2.05) is 0 Å². The number of rotatable bonds is 7. The molecule has 0 aliphatic heterocycles. The van der Waals surface area contributed by atoms with Gasteiger partial charge >= 0.3 is 5.97 Å². The molecule has 1 aliphatic rings. The zero-order chi connectivity index (χ0) is 13.5. The highest BCUT2D eigenvalue weighted by molar-refractivity contribution is 5.85. The summed E-state index contributed by atoms with van der Waals surface area (Å²) in [6.07, 6.45) is 6.23. The van der Waals surface area contributed by atoms with Gasteiger partial charge in [-0.3, -0.25) is 9.69 Å². The van der Waals surface area contributed by atoms with E-state index in [0.29, 0.717) is 0 Å². The molecule has 19 heavy (non-hydrogen) atoms. The minimum atomic E-state index is -0.700. The second kappa shape index (κ2) is 9.60. The largest absolute Gasteiger partial charge is 0.480 e. The molecule has 0 bridgehead atoms. The Bertz CT molecular complexity index is 251. The summed E-state index contributed by atoms with van der Waals surface area (Å²) in [4.78, 5) is 12.9. The van der Waals surface area contributed by atoms with Crippen molar-refractivity contribution in [3.05, 3.63) is 0 Å². The molecule has 1 aliphatic carbocycles. The maximum atomic E-state index is 10.8. The van der Waals surface area contributed by atoms with Gasteiger partial charge in [0.05, 0.1) is 6.54 Å². The molecule has 2 unspecified atom stereocenters. The van der Waals surface area contributed by atoms with Gasteiger partial charge in [-0.1, -0.05) is 20.8 Å². The van der Waals surface area contributed by atoms with E-state index in [9.17, 15) is 4.79 Å². The van der Waals surface area contributed by atoms with Crippen LogP contribution >= 0.6 is 12.4 Å². The molecular weight excluding hydrogens is 262 g/mol. The molecule has 0 amide bonds. The predicted molar refractivity (Wildman–Crippen MR) is 81.9 cm³/mol. The third-order valence-electron chi connectivity index (χ3n) is 4.03. The molecule has 1 N–H and O–H groups in total. The Morgan fingerprint density at radius 1 is 1.16 bits per heavy atom. The quantitative estimate of drug-likeness (QED) is 0.778. The van der Waals surface area contributed by atoms with E-state index < -0.39 is 5.97 Å². The number of hydrogen-bond donors (Lipinski definition) is 1. The molecule has 2 atom stereocenters. The smallest absolute Gasteiger partial charge is 0.317 e. The van der Waals surface area contributed by atoms with E-state index in [0.717, 1.165) is 37.3 Å². The van der Waals surface area contributed by atoms with Gasteiger partial charge in [0.25, 0.3) is 0 Å². The molecule has 1 saturated carbocycles. The molecule has 0 radical (unpaired) electrons. The van der Waals surface area contributed by atoms with Gasteiger partial charge < -0.3 is 5.11 Å². The third kappa shape index (κ3) is 7.78. The first-order valence-electron chi connectivity index (χ1n) is 7.45. The Morgan fingerprint density at radius 2 is 1.74 bits per heavy atom. The molecule has 0 heterocycles. The Balaban J connectivity index is 0.00000324. The number of carboxylic acid groups (broad SMARTS) is 1. The first kappa shape index (κ1) is 18.7. The first-order chi connectivity index (χ1) is 8.51. The predicted octanol–water partition coefficient (Wildman–Crippen LogP) is 3.67.